The van der Waals surface area contributed by atoms with Crippen molar-refractivity contribution in [2.45, 2.75) is 31.2 Å². The van der Waals surface area contributed by atoms with Gasteiger partial charge in [0, 0.05) is 18.5 Å². The van der Waals surface area contributed by atoms with Crippen LogP contribution in [-0.4, -0.2) is 12.0 Å². The number of aryl methyl sites for hydroxylation is 2. The molecule has 0 aliphatic carbocycles. The highest BCUT2D eigenvalue weighted by molar-refractivity contribution is 7.98. The minimum atomic E-state index is 0.872. The molecule has 19 heavy (non-hydrogen) atoms. The van der Waals surface area contributed by atoms with Crippen LogP contribution >= 0.6 is 11.8 Å². The molecule has 0 saturated heterocycles. The van der Waals surface area contributed by atoms with Gasteiger partial charge in [0.05, 0.1) is 5.03 Å². The summed E-state index contributed by atoms with van der Waals surface area (Å²) in [6.07, 6.45) is 1.96. The highest BCUT2D eigenvalue weighted by Crippen LogP contribution is 2.25. The topological polar surface area (TPSA) is 24.9 Å². The van der Waals surface area contributed by atoms with Crippen molar-refractivity contribution in [1.29, 1.82) is 0 Å². The smallest absolute Gasteiger partial charge is 0.0992 e. The predicted octanol–water partition coefficient (Wildman–Crippen LogP) is 3.71. The molecule has 0 bridgehead atoms. The molecule has 2 nitrogen and oxygen atoms in total. The number of hydrogen-bond acceptors (Lipinski definition) is 3. The number of benzene rings is 1. The van der Waals surface area contributed by atoms with Gasteiger partial charge in [0.2, 0.25) is 0 Å². The summed E-state index contributed by atoms with van der Waals surface area (Å²) in [5.74, 6) is 0.978. The van der Waals surface area contributed by atoms with Gasteiger partial charge in [-0.1, -0.05) is 30.3 Å². The molecule has 0 atom stereocenters. The van der Waals surface area contributed by atoms with E-state index in [1.54, 1.807) is 0 Å². The number of nitrogens with zero attached hydrogens (tertiary/aromatic N) is 1. The molecule has 1 aromatic heterocycles. The van der Waals surface area contributed by atoms with E-state index in [4.69, 9.17) is 0 Å². The predicted molar refractivity (Wildman–Crippen MR) is 82.5 cm³/mol. The Morgan fingerprint density at radius 2 is 1.95 bits per heavy atom. The monoisotopic (exact) mass is 272 g/mol. The van der Waals surface area contributed by atoms with Gasteiger partial charge in [-0.2, -0.15) is 0 Å². The van der Waals surface area contributed by atoms with Gasteiger partial charge in [-0.15, -0.1) is 11.8 Å². The van der Waals surface area contributed by atoms with E-state index < -0.39 is 0 Å². The lowest BCUT2D eigenvalue weighted by Crippen LogP contribution is -2.05. The SMILES string of the molecule is CNCc1cnc(SCc2ccccc2C)c(C)c1. The zero-order valence-corrected chi connectivity index (χ0v) is 12.6. The number of thioether (sulfide) groups is 1. The van der Waals surface area contributed by atoms with E-state index in [-0.39, 0.29) is 0 Å². The summed E-state index contributed by atoms with van der Waals surface area (Å²) in [5.41, 5.74) is 5.22. The Bertz CT molecular complexity index is 552. The summed E-state index contributed by atoms with van der Waals surface area (Å²) >= 11 is 1.81. The molecular weight excluding hydrogens is 252 g/mol. The van der Waals surface area contributed by atoms with Crippen molar-refractivity contribution >= 4 is 11.8 Å². The molecule has 1 heterocycles. The molecule has 3 heteroatoms. The van der Waals surface area contributed by atoms with Gasteiger partial charge >= 0.3 is 0 Å². The van der Waals surface area contributed by atoms with Crippen LogP contribution < -0.4 is 5.32 Å². The van der Waals surface area contributed by atoms with Gasteiger partial charge in [-0.05, 0) is 43.1 Å². The molecule has 0 saturated carbocycles. The lowest BCUT2D eigenvalue weighted by molar-refractivity contribution is 0.806. The molecule has 0 unspecified atom stereocenters. The summed E-state index contributed by atoms with van der Waals surface area (Å²) in [6, 6.07) is 10.7. The van der Waals surface area contributed by atoms with Gasteiger partial charge in [-0.3, -0.25) is 0 Å². The average Bonchev–Trinajstić information content (AvgIpc) is 2.40. The zero-order chi connectivity index (χ0) is 13.7. The Labute approximate surface area is 119 Å². The van der Waals surface area contributed by atoms with Gasteiger partial charge in [0.25, 0.3) is 0 Å². The lowest BCUT2D eigenvalue weighted by atomic mass is 10.1. The standard InChI is InChI=1S/C16H20N2S/c1-12-6-4-5-7-15(12)11-19-16-13(2)8-14(9-17-3)10-18-16/h4-8,10,17H,9,11H2,1-3H3. The molecule has 0 amide bonds. The van der Waals surface area contributed by atoms with Crippen LogP contribution in [0.5, 0.6) is 0 Å². The third-order valence-electron chi connectivity index (χ3n) is 3.09. The van der Waals surface area contributed by atoms with Crippen LogP contribution in [-0.2, 0) is 12.3 Å². The number of rotatable bonds is 5. The second-order valence-electron chi connectivity index (χ2n) is 4.71. The molecule has 0 spiro atoms. The van der Waals surface area contributed by atoms with Gasteiger partial charge in [0.15, 0.2) is 0 Å². The Morgan fingerprint density at radius 3 is 2.63 bits per heavy atom. The zero-order valence-electron chi connectivity index (χ0n) is 11.7. The molecule has 2 rings (SSSR count). The molecule has 100 valence electrons. The fraction of sp³-hybridized carbons (Fsp3) is 0.312. The highest BCUT2D eigenvalue weighted by atomic mass is 32.2. The van der Waals surface area contributed by atoms with Crippen LogP contribution in [0.1, 0.15) is 22.3 Å². The normalized spacial score (nSPS) is 10.7. The van der Waals surface area contributed by atoms with Crippen LogP contribution in [0.15, 0.2) is 41.6 Å². The van der Waals surface area contributed by atoms with Crippen molar-refractivity contribution in [3.05, 3.63) is 58.8 Å². The van der Waals surface area contributed by atoms with Crippen molar-refractivity contribution in [3.63, 3.8) is 0 Å². The van der Waals surface area contributed by atoms with E-state index >= 15 is 0 Å². The summed E-state index contributed by atoms with van der Waals surface area (Å²) < 4.78 is 0. The van der Waals surface area contributed by atoms with E-state index in [2.05, 4.69) is 54.5 Å². The number of hydrogen-bond donors (Lipinski definition) is 1. The van der Waals surface area contributed by atoms with Gasteiger partial charge < -0.3 is 5.32 Å². The maximum Gasteiger partial charge on any atom is 0.0992 e. The van der Waals surface area contributed by atoms with Crippen molar-refractivity contribution < 1.29 is 0 Å². The molecule has 0 aliphatic rings. The van der Waals surface area contributed by atoms with E-state index in [9.17, 15) is 0 Å². The maximum atomic E-state index is 4.56. The Morgan fingerprint density at radius 1 is 1.16 bits per heavy atom. The largest absolute Gasteiger partial charge is 0.316 e. The van der Waals surface area contributed by atoms with Crippen molar-refractivity contribution in [2.24, 2.45) is 0 Å². The van der Waals surface area contributed by atoms with E-state index in [1.165, 1.54) is 22.3 Å². The molecule has 2 aromatic rings. The molecular formula is C16H20N2S. The Kier molecular flexibility index (Phi) is 5.00. The summed E-state index contributed by atoms with van der Waals surface area (Å²) in [6.45, 7) is 5.16. The first-order valence-electron chi connectivity index (χ1n) is 6.48. The van der Waals surface area contributed by atoms with Crippen LogP contribution in [0.3, 0.4) is 0 Å². The van der Waals surface area contributed by atoms with E-state index in [0.29, 0.717) is 0 Å². The number of aromatic nitrogens is 1. The van der Waals surface area contributed by atoms with Crippen molar-refractivity contribution in [1.82, 2.24) is 10.3 Å². The van der Waals surface area contributed by atoms with Gasteiger partial charge in [0.1, 0.15) is 0 Å². The Hall–Kier alpha value is -1.32. The summed E-state index contributed by atoms with van der Waals surface area (Å²) in [4.78, 5) is 4.56. The van der Waals surface area contributed by atoms with Gasteiger partial charge in [-0.25, -0.2) is 4.98 Å². The van der Waals surface area contributed by atoms with Crippen LogP contribution in [0.2, 0.25) is 0 Å². The third kappa shape index (κ3) is 3.82. The molecule has 0 radical (unpaired) electrons. The second-order valence-corrected chi connectivity index (χ2v) is 5.68. The van der Waals surface area contributed by atoms with E-state index in [1.807, 2.05) is 25.0 Å². The minimum Gasteiger partial charge on any atom is -0.316 e. The van der Waals surface area contributed by atoms with Crippen LogP contribution in [0, 0.1) is 13.8 Å². The third-order valence-corrected chi connectivity index (χ3v) is 4.25. The number of pyridine rings is 1. The first-order valence-corrected chi connectivity index (χ1v) is 7.46. The molecule has 1 aromatic carbocycles. The van der Waals surface area contributed by atoms with Crippen LogP contribution in [0.25, 0.3) is 0 Å². The summed E-state index contributed by atoms with van der Waals surface area (Å²) in [7, 11) is 1.95. The first kappa shape index (κ1) is 14.1. The number of nitrogens with one attached hydrogen (secondary N) is 1. The average molecular weight is 272 g/mol. The first-order chi connectivity index (χ1) is 9.20. The quantitative estimate of drug-likeness (QED) is 0.840. The Balaban J connectivity index is 2.06. The van der Waals surface area contributed by atoms with Crippen molar-refractivity contribution in [3.8, 4) is 0 Å². The maximum absolute atomic E-state index is 4.56. The fourth-order valence-corrected chi connectivity index (χ4v) is 3.02. The molecule has 0 fully saturated rings. The lowest BCUT2D eigenvalue weighted by Gasteiger charge is -2.08. The minimum absolute atomic E-state index is 0.872. The van der Waals surface area contributed by atoms with Crippen LogP contribution in [0.4, 0.5) is 0 Å². The highest BCUT2D eigenvalue weighted by Gasteiger charge is 2.04. The molecule has 0 aliphatic heterocycles. The fourth-order valence-electron chi connectivity index (χ4n) is 1.99. The second kappa shape index (κ2) is 6.73. The molecule has 1 N–H and O–H groups in total. The summed E-state index contributed by atoms with van der Waals surface area (Å²) in [5, 5.41) is 4.28. The van der Waals surface area contributed by atoms with Crippen molar-refractivity contribution in [2.75, 3.05) is 7.05 Å². The van der Waals surface area contributed by atoms with E-state index in [0.717, 1.165) is 17.3 Å².